The summed E-state index contributed by atoms with van der Waals surface area (Å²) in [5.41, 5.74) is 0.286. The number of nitrogens with zero attached hydrogens (tertiary/aromatic N) is 1. The number of aryl methyl sites for hydroxylation is 1. The van der Waals surface area contributed by atoms with Crippen molar-refractivity contribution < 1.29 is 17.6 Å². The van der Waals surface area contributed by atoms with E-state index in [9.17, 15) is 13.2 Å². The number of sulfone groups is 1. The summed E-state index contributed by atoms with van der Waals surface area (Å²) in [5, 5.41) is 4.99. The van der Waals surface area contributed by atoms with Gasteiger partial charge in [-0.15, -0.1) is 11.3 Å². The number of nitrogens with one attached hydrogen (secondary N) is 1. The molecule has 0 aliphatic carbocycles. The normalized spacial score (nSPS) is 20.5. The van der Waals surface area contributed by atoms with Crippen LogP contribution in [0.2, 0.25) is 0 Å². The highest BCUT2D eigenvalue weighted by atomic mass is 32.2. The SMILES string of the molecule is Cc1ccc(-c2nc(C(=O)NC3CCS(=O)(=O)C3)cs2)o1. The van der Waals surface area contributed by atoms with Gasteiger partial charge in [-0.05, 0) is 25.5 Å². The number of amides is 1. The van der Waals surface area contributed by atoms with Crippen molar-refractivity contribution in [3.63, 3.8) is 0 Å². The molecule has 0 saturated carbocycles. The van der Waals surface area contributed by atoms with Gasteiger partial charge in [0.25, 0.3) is 5.91 Å². The van der Waals surface area contributed by atoms with Gasteiger partial charge < -0.3 is 9.73 Å². The summed E-state index contributed by atoms with van der Waals surface area (Å²) in [6, 6.07) is 3.32. The van der Waals surface area contributed by atoms with Crippen molar-refractivity contribution in [3.05, 3.63) is 29.0 Å². The van der Waals surface area contributed by atoms with Gasteiger partial charge in [0, 0.05) is 11.4 Å². The minimum atomic E-state index is -3.01. The molecule has 1 saturated heterocycles. The largest absolute Gasteiger partial charge is 0.459 e. The topological polar surface area (TPSA) is 89.3 Å². The third-order valence-electron chi connectivity index (χ3n) is 3.26. The number of hydrogen-bond donors (Lipinski definition) is 1. The molecule has 8 heteroatoms. The molecule has 0 radical (unpaired) electrons. The Bertz CT molecular complexity index is 776. The van der Waals surface area contributed by atoms with Gasteiger partial charge in [-0.3, -0.25) is 4.79 Å². The Morgan fingerprint density at radius 2 is 2.29 bits per heavy atom. The van der Waals surface area contributed by atoms with E-state index in [1.165, 1.54) is 11.3 Å². The maximum Gasteiger partial charge on any atom is 0.271 e. The molecule has 3 rings (SSSR count). The number of thiazole rings is 1. The Morgan fingerprint density at radius 1 is 1.48 bits per heavy atom. The van der Waals surface area contributed by atoms with Gasteiger partial charge in [-0.25, -0.2) is 13.4 Å². The molecule has 3 heterocycles. The fraction of sp³-hybridized carbons (Fsp3) is 0.385. The lowest BCUT2D eigenvalue weighted by Gasteiger charge is -2.08. The van der Waals surface area contributed by atoms with Gasteiger partial charge in [-0.2, -0.15) is 0 Å². The zero-order chi connectivity index (χ0) is 15.0. The molecule has 0 aromatic carbocycles. The van der Waals surface area contributed by atoms with Crippen LogP contribution in [-0.2, 0) is 9.84 Å². The van der Waals surface area contributed by atoms with E-state index in [1.807, 2.05) is 13.0 Å². The van der Waals surface area contributed by atoms with Gasteiger partial charge in [0.1, 0.15) is 11.5 Å². The summed E-state index contributed by atoms with van der Waals surface area (Å²) >= 11 is 1.32. The number of furan rings is 1. The molecule has 1 atom stereocenters. The van der Waals surface area contributed by atoms with Crippen LogP contribution in [0, 0.1) is 6.92 Å². The second kappa shape index (κ2) is 5.27. The quantitative estimate of drug-likeness (QED) is 0.926. The predicted molar refractivity (Wildman–Crippen MR) is 79.1 cm³/mol. The first-order valence-corrected chi connectivity index (χ1v) is 9.17. The first-order chi connectivity index (χ1) is 9.93. The summed E-state index contributed by atoms with van der Waals surface area (Å²) in [6.45, 7) is 1.84. The van der Waals surface area contributed by atoms with Crippen LogP contribution in [0.5, 0.6) is 0 Å². The summed E-state index contributed by atoms with van der Waals surface area (Å²) < 4.78 is 28.2. The molecule has 1 unspecified atom stereocenters. The summed E-state index contributed by atoms with van der Waals surface area (Å²) in [6.07, 6.45) is 0.461. The van der Waals surface area contributed by atoms with E-state index >= 15 is 0 Å². The molecular formula is C13H14N2O4S2. The Labute approximate surface area is 126 Å². The van der Waals surface area contributed by atoms with Crippen molar-refractivity contribution in [2.24, 2.45) is 0 Å². The van der Waals surface area contributed by atoms with Crippen LogP contribution in [0.15, 0.2) is 21.9 Å². The number of rotatable bonds is 3. The highest BCUT2D eigenvalue weighted by Crippen LogP contribution is 2.25. The molecule has 1 aliphatic rings. The minimum absolute atomic E-state index is 0.00706. The van der Waals surface area contributed by atoms with Crippen LogP contribution < -0.4 is 5.32 Å². The Balaban J connectivity index is 1.70. The standard InChI is InChI=1S/C13H14N2O4S2/c1-8-2-3-11(19-8)13-15-10(6-20-13)12(16)14-9-4-5-21(17,18)7-9/h2-3,6,9H,4-5,7H2,1H3,(H,14,16). The molecular weight excluding hydrogens is 312 g/mol. The van der Waals surface area contributed by atoms with Crippen LogP contribution in [0.25, 0.3) is 10.8 Å². The van der Waals surface area contributed by atoms with E-state index in [4.69, 9.17) is 4.42 Å². The lowest BCUT2D eigenvalue weighted by Crippen LogP contribution is -2.35. The Kier molecular flexibility index (Phi) is 3.58. The lowest BCUT2D eigenvalue weighted by molar-refractivity contribution is 0.0937. The van der Waals surface area contributed by atoms with Gasteiger partial charge in [0.15, 0.2) is 20.6 Å². The van der Waals surface area contributed by atoms with E-state index in [0.717, 1.165) is 5.76 Å². The van der Waals surface area contributed by atoms with Gasteiger partial charge in [-0.1, -0.05) is 0 Å². The smallest absolute Gasteiger partial charge is 0.271 e. The van der Waals surface area contributed by atoms with E-state index < -0.39 is 9.84 Å². The molecule has 2 aromatic heterocycles. The number of carbonyl (C=O) groups is 1. The molecule has 1 fully saturated rings. The second-order valence-electron chi connectivity index (χ2n) is 5.02. The zero-order valence-electron chi connectivity index (χ0n) is 11.3. The molecule has 2 aromatic rings. The zero-order valence-corrected chi connectivity index (χ0v) is 13.0. The molecule has 1 aliphatic heterocycles. The van der Waals surface area contributed by atoms with Gasteiger partial charge >= 0.3 is 0 Å². The summed E-state index contributed by atoms with van der Waals surface area (Å²) in [4.78, 5) is 16.3. The molecule has 1 amide bonds. The highest BCUT2D eigenvalue weighted by molar-refractivity contribution is 7.91. The first kappa shape index (κ1) is 14.3. The average molecular weight is 326 g/mol. The van der Waals surface area contributed by atoms with Crippen molar-refractivity contribution in [1.29, 1.82) is 0 Å². The van der Waals surface area contributed by atoms with Crippen LogP contribution in [0.4, 0.5) is 0 Å². The molecule has 0 spiro atoms. The Morgan fingerprint density at radius 3 is 2.90 bits per heavy atom. The van der Waals surface area contributed by atoms with Gasteiger partial charge in [0.05, 0.1) is 11.5 Å². The number of aromatic nitrogens is 1. The van der Waals surface area contributed by atoms with Crippen LogP contribution in [-0.4, -0.2) is 36.9 Å². The number of hydrogen-bond acceptors (Lipinski definition) is 6. The van der Waals surface area contributed by atoms with E-state index in [1.54, 1.807) is 11.4 Å². The second-order valence-corrected chi connectivity index (χ2v) is 8.11. The monoisotopic (exact) mass is 326 g/mol. The van der Waals surface area contributed by atoms with Crippen molar-refractivity contribution in [2.75, 3.05) is 11.5 Å². The fourth-order valence-electron chi connectivity index (χ4n) is 2.21. The molecule has 112 valence electrons. The summed E-state index contributed by atoms with van der Waals surface area (Å²) in [7, 11) is -3.01. The lowest BCUT2D eigenvalue weighted by atomic mass is 10.2. The van der Waals surface area contributed by atoms with Crippen molar-refractivity contribution in [2.45, 2.75) is 19.4 Å². The third-order valence-corrected chi connectivity index (χ3v) is 5.88. The number of carbonyl (C=O) groups excluding carboxylic acids is 1. The average Bonchev–Trinajstić information content (AvgIpc) is 3.09. The third kappa shape index (κ3) is 3.16. The maximum absolute atomic E-state index is 12.1. The molecule has 0 bridgehead atoms. The molecule has 6 nitrogen and oxygen atoms in total. The molecule has 1 N–H and O–H groups in total. The van der Waals surface area contributed by atoms with Crippen LogP contribution in [0.1, 0.15) is 22.7 Å². The van der Waals surface area contributed by atoms with Crippen LogP contribution >= 0.6 is 11.3 Å². The van der Waals surface area contributed by atoms with E-state index in [-0.39, 0.29) is 29.1 Å². The molecule has 21 heavy (non-hydrogen) atoms. The van der Waals surface area contributed by atoms with E-state index in [2.05, 4.69) is 10.3 Å². The first-order valence-electron chi connectivity index (χ1n) is 6.46. The van der Waals surface area contributed by atoms with Crippen molar-refractivity contribution in [1.82, 2.24) is 10.3 Å². The maximum atomic E-state index is 12.1. The summed E-state index contributed by atoms with van der Waals surface area (Å²) in [5.74, 6) is 1.20. The van der Waals surface area contributed by atoms with Crippen LogP contribution in [0.3, 0.4) is 0 Å². The van der Waals surface area contributed by atoms with Gasteiger partial charge in [0.2, 0.25) is 0 Å². The van der Waals surface area contributed by atoms with Crippen molar-refractivity contribution >= 4 is 27.1 Å². The minimum Gasteiger partial charge on any atom is -0.459 e. The Hall–Kier alpha value is -1.67. The highest BCUT2D eigenvalue weighted by Gasteiger charge is 2.29. The van der Waals surface area contributed by atoms with E-state index in [0.29, 0.717) is 17.2 Å². The predicted octanol–water partition coefficient (Wildman–Crippen LogP) is 1.63. The van der Waals surface area contributed by atoms with Crippen molar-refractivity contribution in [3.8, 4) is 10.8 Å². The fourth-order valence-corrected chi connectivity index (χ4v) is 4.64.